The number of rotatable bonds is 14. The number of hydrogen-bond acceptors (Lipinski definition) is 1. The zero-order valence-corrected chi connectivity index (χ0v) is 16.0. The van der Waals surface area contributed by atoms with Crippen LogP contribution in [0.3, 0.4) is 0 Å². The van der Waals surface area contributed by atoms with Crippen LogP contribution in [0.15, 0.2) is 0 Å². The van der Waals surface area contributed by atoms with E-state index >= 15 is 0 Å². The summed E-state index contributed by atoms with van der Waals surface area (Å²) in [4.78, 5) is 0. The second kappa shape index (κ2) is 11.9. The molecule has 1 rings (SSSR count). The minimum atomic E-state index is 1.03. The molecule has 2 unspecified atom stereocenters. The van der Waals surface area contributed by atoms with E-state index in [4.69, 9.17) is 0 Å². The Morgan fingerprint density at radius 3 is 1.10 bits per heavy atom. The van der Waals surface area contributed by atoms with Crippen LogP contribution in [0.2, 0.25) is 0 Å². The smallest absolute Gasteiger partial charge is 0.0200 e. The first-order valence-electron chi connectivity index (χ1n) is 9.93. The van der Waals surface area contributed by atoms with Crippen molar-refractivity contribution in [1.29, 1.82) is 0 Å². The van der Waals surface area contributed by atoms with Crippen molar-refractivity contribution in [3.8, 4) is 0 Å². The minimum Gasteiger partial charge on any atom is -0.152 e. The lowest BCUT2D eigenvalue weighted by Gasteiger charge is -2.19. The van der Waals surface area contributed by atoms with E-state index < -0.39 is 0 Å². The predicted octanol–water partition coefficient (Wildman–Crippen LogP) is 7.46. The molecule has 126 valence electrons. The highest BCUT2D eigenvalue weighted by Crippen LogP contribution is 2.54. The van der Waals surface area contributed by atoms with Gasteiger partial charge in [0.1, 0.15) is 0 Å². The van der Waals surface area contributed by atoms with Crippen LogP contribution in [0.1, 0.15) is 105 Å². The maximum Gasteiger partial charge on any atom is 0.0200 e. The molecule has 0 radical (unpaired) electrons. The molecule has 0 amide bonds. The predicted molar refractivity (Wildman–Crippen MR) is 100 cm³/mol. The molecule has 0 saturated carbocycles. The summed E-state index contributed by atoms with van der Waals surface area (Å²) >= 11 is 2.35. The van der Waals surface area contributed by atoms with Gasteiger partial charge in [-0.05, 0) is 37.5 Å². The first kappa shape index (κ1) is 19.4. The molecule has 0 aromatic rings. The van der Waals surface area contributed by atoms with E-state index in [0.29, 0.717) is 0 Å². The van der Waals surface area contributed by atoms with E-state index in [-0.39, 0.29) is 0 Å². The summed E-state index contributed by atoms with van der Waals surface area (Å²) in [6.45, 7) is 9.39. The van der Waals surface area contributed by atoms with Crippen molar-refractivity contribution in [1.82, 2.24) is 0 Å². The van der Waals surface area contributed by atoms with Crippen LogP contribution in [0, 0.1) is 11.8 Å². The maximum absolute atomic E-state index is 2.35. The third kappa shape index (κ3) is 7.44. The quantitative estimate of drug-likeness (QED) is 0.300. The van der Waals surface area contributed by atoms with Crippen LogP contribution in [0.25, 0.3) is 0 Å². The fourth-order valence-corrected chi connectivity index (χ4v) is 5.41. The molecule has 1 aliphatic rings. The van der Waals surface area contributed by atoms with Crippen molar-refractivity contribution >= 4 is 11.8 Å². The maximum atomic E-state index is 2.35. The molecule has 0 aromatic heterocycles. The number of hydrogen-bond donors (Lipinski definition) is 0. The summed E-state index contributed by atoms with van der Waals surface area (Å²) < 4.78 is 0. The normalized spacial score (nSPS) is 21.4. The first-order valence-corrected chi connectivity index (χ1v) is 10.9. The number of thioether (sulfide) groups is 1. The van der Waals surface area contributed by atoms with Gasteiger partial charge in [0.2, 0.25) is 0 Å². The summed E-state index contributed by atoms with van der Waals surface area (Å²) in [5, 5.41) is 2.06. The van der Waals surface area contributed by atoms with E-state index in [1.54, 1.807) is 0 Å². The molecule has 0 bridgehead atoms. The van der Waals surface area contributed by atoms with Crippen LogP contribution in [0.5, 0.6) is 0 Å². The Kier molecular flexibility index (Phi) is 11.0. The van der Waals surface area contributed by atoms with Crippen molar-refractivity contribution in [2.24, 2.45) is 11.8 Å². The molecule has 0 aromatic carbocycles. The Balaban J connectivity index is 2.45. The van der Waals surface area contributed by atoms with Crippen LogP contribution in [-0.4, -0.2) is 10.5 Å². The Labute approximate surface area is 139 Å². The van der Waals surface area contributed by atoms with Crippen LogP contribution >= 0.6 is 11.8 Å². The molecule has 0 aliphatic carbocycles. The van der Waals surface area contributed by atoms with Gasteiger partial charge in [-0.25, -0.2) is 0 Å². The monoisotopic (exact) mass is 312 g/mol. The molecule has 0 nitrogen and oxygen atoms in total. The van der Waals surface area contributed by atoms with E-state index in [1.807, 2.05) is 0 Å². The van der Waals surface area contributed by atoms with Crippen LogP contribution in [-0.2, 0) is 0 Å². The molecule has 0 spiro atoms. The van der Waals surface area contributed by atoms with Gasteiger partial charge in [0, 0.05) is 10.5 Å². The molecule has 0 N–H and O–H groups in total. The summed E-state index contributed by atoms with van der Waals surface area (Å²) in [6, 6.07) is 0. The molecule has 1 saturated heterocycles. The van der Waals surface area contributed by atoms with E-state index in [2.05, 4.69) is 39.5 Å². The highest BCUT2D eigenvalue weighted by molar-refractivity contribution is 8.07. The topological polar surface area (TPSA) is 0 Å². The van der Waals surface area contributed by atoms with Gasteiger partial charge in [0.05, 0.1) is 0 Å². The molecule has 1 heteroatoms. The third-order valence-corrected chi connectivity index (χ3v) is 6.88. The van der Waals surface area contributed by atoms with Crippen LogP contribution in [0.4, 0.5) is 0 Å². The Bertz CT molecular complexity index is 198. The Morgan fingerprint density at radius 2 is 0.857 bits per heavy atom. The highest BCUT2D eigenvalue weighted by atomic mass is 32.2. The lowest BCUT2D eigenvalue weighted by atomic mass is 9.85. The lowest BCUT2D eigenvalue weighted by Crippen LogP contribution is -2.17. The standard InChI is InChI=1S/C20H40S/c1-5-9-13-17(14-10-6-2)19-20(21-19)18(15-11-7-3)16-12-8-4/h17-20H,5-16H2,1-4H3. The van der Waals surface area contributed by atoms with Gasteiger partial charge in [-0.3, -0.25) is 0 Å². The summed E-state index contributed by atoms with van der Waals surface area (Å²) in [5.74, 6) is 2.07. The van der Waals surface area contributed by atoms with Gasteiger partial charge in [-0.15, -0.1) is 0 Å². The Morgan fingerprint density at radius 1 is 0.571 bits per heavy atom. The molecule has 1 aliphatic heterocycles. The second-order valence-corrected chi connectivity index (χ2v) is 8.52. The largest absolute Gasteiger partial charge is 0.152 e. The SMILES string of the molecule is CCCCC(CCCC)C1SC1C(CCCC)CCCC. The van der Waals surface area contributed by atoms with E-state index in [0.717, 1.165) is 22.3 Å². The molecule has 21 heavy (non-hydrogen) atoms. The van der Waals surface area contributed by atoms with Crippen molar-refractivity contribution in [3.05, 3.63) is 0 Å². The second-order valence-electron chi connectivity index (χ2n) is 7.15. The molecular formula is C20H40S. The molecule has 1 heterocycles. The van der Waals surface area contributed by atoms with Crippen molar-refractivity contribution < 1.29 is 0 Å². The zero-order valence-electron chi connectivity index (χ0n) is 15.2. The molecule has 2 atom stereocenters. The van der Waals surface area contributed by atoms with Crippen molar-refractivity contribution in [2.75, 3.05) is 0 Å². The summed E-state index contributed by atoms with van der Waals surface area (Å²) in [6.07, 6.45) is 17.3. The van der Waals surface area contributed by atoms with Gasteiger partial charge in [-0.1, -0.05) is 79.1 Å². The summed E-state index contributed by atoms with van der Waals surface area (Å²) in [5.41, 5.74) is 0. The van der Waals surface area contributed by atoms with Crippen molar-refractivity contribution in [3.63, 3.8) is 0 Å². The molecular weight excluding hydrogens is 272 g/mol. The minimum absolute atomic E-state index is 1.03. The highest BCUT2D eigenvalue weighted by Gasteiger charge is 2.46. The van der Waals surface area contributed by atoms with Gasteiger partial charge >= 0.3 is 0 Å². The van der Waals surface area contributed by atoms with Gasteiger partial charge in [0.25, 0.3) is 0 Å². The molecule has 1 fully saturated rings. The lowest BCUT2D eigenvalue weighted by molar-refractivity contribution is 0.364. The summed E-state index contributed by atoms with van der Waals surface area (Å²) in [7, 11) is 0. The fourth-order valence-electron chi connectivity index (χ4n) is 3.71. The third-order valence-electron chi connectivity index (χ3n) is 5.20. The van der Waals surface area contributed by atoms with Crippen molar-refractivity contribution in [2.45, 2.75) is 115 Å². The van der Waals surface area contributed by atoms with Crippen LogP contribution < -0.4 is 0 Å². The van der Waals surface area contributed by atoms with E-state index in [9.17, 15) is 0 Å². The average molecular weight is 313 g/mol. The fraction of sp³-hybridized carbons (Fsp3) is 1.00. The first-order chi connectivity index (χ1) is 10.3. The average Bonchev–Trinajstić information content (AvgIpc) is 3.28. The Hall–Kier alpha value is 0.350. The zero-order chi connectivity index (χ0) is 15.5. The number of unbranched alkanes of at least 4 members (excludes halogenated alkanes) is 4. The van der Waals surface area contributed by atoms with E-state index in [1.165, 1.54) is 77.0 Å². The van der Waals surface area contributed by atoms with Gasteiger partial charge in [0.15, 0.2) is 0 Å². The van der Waals surface area contributed by atoms with Gasteiger partial charge < -0.3 is 0 Å². The van der Waals surface area contributed by atoms with Gasteiger partial charge in [-0.2, -0.15) is 11.8 Å².